The highest BCUT2D eigenvalue weighted by atomic mass is 79.9. The lowest BCUT2D eigenvalue weighted by Gasteiger charge is -1.99. The Hall–Kier alpha value is -1.83. The summed E-state index contributed by atoms with van der Waals surface area (Å²) in [5, 5.41) is 6.90. The van der Waals surface area contributed by atoms with Crippen LogP contribution in [0.3, 0.4) is 0 Å². The van der Waals surface area contributed by atoms with Crippen molar-refractivity contribution in [1.82, 2.24) is 10.4 Å². The third kappa shape index (κ3) is 4.37. The number of carbonyl (C=O) groups is 1. The van der Waals surface area contributed by atoms with Gasteiger partial charge in [0.25, 0.3) is 0 Å². The van der Waals surface area contributed by atoms with Crippen LogP contribution in [0.25, 0.3) is 11.3 Å². The van der Waals surface area contributed by atoms with Gasteiger partial charge < -0.3 is 0 Å². The third-order valence-electron chi connectivity index (χ3n) is 3.21. The van der Waals surface area contributed by atoms with Crippen LogP contribution in [0, 0.1) is 0 Å². The van der Waals surface area contributed by atoms with Gasteiger partial charge in [0.15, 0.2) is 0 Å². The highest BCUT2D eigenvalue weighted by Crippen LogP contribution is 2.23. The van der Waals surface area contributed by atoms with Crippen LogP contribution in [0.2, 0.25) is 0 Å². The van der Waals surface area contributed by atoms with E-state index in [-0.39, 0.29) is 12.3 Å². The van der Waals surface area contributed by atoms with E-state index in [0.29, 0.717) is 0 Å². The first-order chi connectivity index (χ1) is 11.6. The quantitative estimate of drug-likeness (QED) is 0.480. The van der Waals surface area contributed by atoms with Gasteiger partial charge in [-0.15, -0.1) is 22.7 Å². The van der Waals surface area contributed by atoms with Gasteiger partial charge in [0.2, 0.25) is 5.91 Å². The lowest BCUT2D eigenvalue weighted by molar-refractivity contribution is -0.120. The Kier molecular flexibility index (Phi) is 5.55. The zero-order chi connectivity index (χ0) is 16.9. The van der Waals surface area contributed by atoms with Gasteiger partial charge in [-0.05, 0) is 35.0 Å². The van der Waals surface area contributed by atoms with E-state index in [0.717, 1.165) is 30.6 Å². The molecule has 122 valence electrons. The molecule has 0 aliphatic carbocycles. The summed E-state index contributed by atoms with van der Waals surface area (Å²) in [4.78, 5) is 17.6. The zero-order valence-corrected chi connectivity index (χ0v) is 16.0. The van der Waals surface area contributed by atoms with E-state index in [9.17, 15) is 4.79 Å². The van der Waals surface area contributed by atoms with Gasteiger partial charge in [-0.2, -0.15) is 5.10 Å². The minimum atomic E-state index is -0.168. The monoisotopic (exact) mass is 419 g/mol. The van der Waals surface area contributed by atoms with Crippen molar-refractivity contribution in [2.24, 2.45) is 5.10 Å². The predicted molar refractivity (Wildman–Crippen MR) is 104 cm³/mol. The molecule has 2 heterocycles. The molecule has 0 radical (unpaired) electrons. The molecule has 0 fully saturated rings. The Bertz CT molecular complexity index is 871. The number of aromatic nitrogens is 1. The molecule has 0 atom stereocenters. The van der Waals surface area contributed by atoms with E-state index in [2.05, 4.69) is 31.4 Å². The summed E-state index contributed by atoms with van der Waals surface area (Å²) in [5.74, 6) is -0.168. The third-order valence-corrected chi connectivity index (χ3v) is 5.79. The first-order valence-corrected chi connectivity index (χ1v) is 9.69. The average molecular weight is 420 g/mol. The number of halogens is 1. The molecule has 0 saturated carbocycles. The van der Waals surface area contributed by atoms with Crippen molar-refractivity contribution in [2.75, 3.05) is 0 Å². The van der Waals surface area contributed by atoms with Crippen LogP contribution >= 0.6 is 38.6 Å². The lowest BCUT2D eigenvalue weighted by atomic mass is 10.2. The standard InChI is InChI=1S/C17H14BrN3OS2/c1-11(14-7-8-15(18)24-14)20-21-16(22)9-17-19-13(10-23-17)12-5-3-2-4-6-12/h2-8,10H,9H2,1H3,(H,21,22). The zero-order valence-electron chi connectivity index (χ0n) is 12.8. The second-order valence-electron chi connectivity index (χ2n) is 5.01. The molecule has 24 heavy (non-hydrogen) atoms. The van der Waals surface area contributed by atoms with Crippen LogP contribution < -0.4 is 5.43 Å². The molecular weight excluding hydrogens is 406 g/mol. The topological polar surface area (TPSA) is 54.4 Å². The number of amides is 1. The van der Waals surface area contributed by atoms with Crippen LogP contribution in [0.4, 0.5) is 0 Å². The normalized spacial score (nSPS) is 11.5. The van der Waals surface area contributed by atoms with Gasteiger partial charge in [-0.3, -0.25) is 4.79 Å². The minimum Gasteiger partial charge on any atom is -0.273 e. The first-order valence-electron chi connectivity index (χ1n) is 7.20. The number of hydrogen-bond donors (Lipinski definition) is 1. The summed E-state index contributed by atoms with van der Waals surface area (Å²) in [6.07, 6.45) is 0.225. The molecule has 1 N–H and O–H groups in total. The Morgan fingerprint density at radius 2 is 2.04 bits per heavy atom. The van der Waals surface area contributed by atoms with Crippen molar-refractivity contribution in [3.8, 4) is 11.3 Å². The van der Waals surface area contributed by atoms with E-state index in [1.54, 1.807) is 11.3 Å². The van der Waals surface area contributed by atoms with Crippen LogP contribution in [0.15, 0.2) is 56.7 Å². The SMILES string of the molecule is CC(=NNC(=O)Cc1nc(-c2ccccc2)cs1)c1ccc(Br)s1. The van der Waals surface area contributed by atoms with Crippen molar-refractivity contribution >= 4 is 50.2 Å². The van der Waals surface area contributed by atoms with Gasteiger partial charge in [0, 0.05) is 10.9 Å². The molecule has 3 aromatic rings. The number of rotatable bonds is 5. The summed E-state index contributed by atoms with van der Waals surface area (Å²) in [6.45, 7) is 1.87. The molecule has 3 rings (SSSR count). The van der Waals surface area contributed by atoms with Gasteiger partial charge in [0.05, 0.1) is 26.5 Å². The second kappa shape index (κ2) is 7.83. The number of hydrogen-bond acceptors (Lipinski definition) is 5. The van der Waals surface area contributed by atoms with Gasteiger partial charge >= 0.3 is 0 Å². The number of hydrazone groups is 1. The van der Waals surface area contributed by atoms with E-state index in [4.69, 9.17) is 0 Å². The largest absolute Gasteiger partial charge is 0.273 e. The lowest BCUT2D eigenvalue weighted by Crippen LogP contribution is -2.21. The number of carbonyl (C=O) groups excluding carboxylic acids is 1. The molecule has 1 amide bonds. The Morgan fingerprint density at radius 3 is 2.75 bits per heavy atom. The van der Waals surface area contributed by atoms with Crippen LogP contribution in [0.1, 0.15) is 16.8 Å². The van der Waals surface area contributed by atoms with Gasteiger partial charge in [0.1, 0.15) is 5.01 Å². The van der Waals surface area contributed by atoms with E-state index in [1.807, 2.05) is 54.8 Å². The molecule has 0 spiro atoms. The van der Waals surface area contributed by atoms with E-state index >= 15 is 0 Å². The van der Waals surface area contributed by atoms with Crippen LogP contribution in [0.5, 0.6) is 0 Å². The molecule has 4 nitrogen and oxygen atoms in total. The van der Waals surface area contributed by atoms with Crippen molar-refractivity contribution < 1.29 is 4.79 Å². The fourth-order valence-electron chi connectivity index (χ4n) is 2.02. The summed E-state index contributed by atoms with van der Waals surface area (Å²) in [7, 11) is 0. The summed E-state index contributed by atoms with van der Waals surface area (Å²) in [5.41, 5.74) is 5.32. The van der Waals surface area contributed by atoms with Crippen molar-refractivity contribution in [1.29, 1.82) is 0 Å². The molecule has 0 bridgehead atoms. The summed E-state index contributed by atoms with van der Waals surface area (Å²) >= 11 is 6.47. The smallest absolute Gasteiger partial charge is 0.246 e. The molecule has 0 saturated heterocycles. The fraction of sp³-hybridized carbons (Fsp3) is 0.118. The average Bonchev–Trinajstić information content (AvgIpc) is 3.23. The second-order valence-corrected chi connectivity index (χ2v) is 8.41. The highest BCUT2D eigenvalue weighted by molar-refractivity contribution is 9.11. The van der Waals surface area contributed by atoms with Gasteiger partial charge in [-0.1, -0.05) is 30.3 Å². The summed E-state index contributed by atoms with van der Waals surface area (Å²) in [6, 6.07) is 13.9. The molecular formula is C17H14BrN3OS2. The number of thiophene rings is 1. The Balaban J connectivity index is 1.60. The minimum absolute atomic E-state index is 0.168. The number of nitrogens with one attached hydrogen (secondary N) is 1. The fourth-order valence-corrected chi connectivity index (χ4v) is 4.15. The maximum atomic E-state index is 12.0. The van der Waals surface area contributed by atoms with E-state index < -0.39 is 0 Å². The number of thiazole rings is 1. The van der Waals surface area contributed by atoms with Crippen LogP contribution in [-0.2, 0) is 11.2 Å². The number of benzene rings is 1. The van der Waals surface area contributed by atoms with Crippen molar-refractivity contribution in [2.45, 2.75) is 13.3 Å². The maximum absolute atomic E-state index is 12.0. The predicted octanol–water partition coefficient (Wildman–Crippen LogP) is 4.72. The molecule has 1 aromatic carbocycles. The Labute approximate surface area is 156 Å². The molecule has 7 heteroatoms. The van der Waals surface area contributed by atoms with Crippen molar-refractivity contribution in [3.05, 3.63) is 61.5 Å². The summed E-state index contributed by atoms with van der Waals surface area (Å²) < 4.78 is 1.04. The van der Waals surface area contributed by atoms with Crippen molar-refractivity contribution in [3.63, 3.8) is 0 Å². The highest BCUT2D eigenvalue weighted by Gasteiger charge is 2.09. The molecule has 0 aliphatic rings. The van der Waals surface area contributed by atoms with Gasteiger partial charge in [-0.25, -0.2) is 10.4 Å². The van der Waals surface area contributed by atoms with Crippen LogP contribution in [-0.4, -0.2) is 16.6 Å². The molecule has 0 unspecified atom stereocenters. The molecule has 0 aliphatic heterocycles. The molecule has 2 aromatic heterocycles. The first kappa shape index (κ1) is 17.0. The number of nitrogens with zero attached hydrogens (tertiary/aromatic N) is 2. The Morgan fingerprint density at radius 1 is 1.25 bits per heavy atom. The van der Waals surface area contributed by atoms with E-state index in [1.165, 1.54) is 11.3 Å². The maximum Gasteiger partial charge on any atom is 0.246 e.